The number of carbonyl (C=O) groups excluding carboxylic acids is 3. The summed E-state index contributed by atoms with van der Waals surface area (Å²) in [6.45, 7) is 6.42. The molecule has 66 heavy (non-hydrogen) atoms. The highest BCUT2D eigenvalue weighted by molar-refractivity contribution is 5.71. The minimum Gasteiger partial charge on any atom is -0.462 e. The molecule has 6 nitrogen and oxygen atoms in total. The molecule has 0 aliphatic heterocycles. The zero-order chi connectivity index (χ0) is 47.9. The minimum atomic E-state index is -0.788. The Kier molecular flexibility index (Phi) is 51.4. The Hall–Kier alpha value is -3.41. The van der Waals surface area contributed by atoms with E-state index in [0.29, 0.717) is 19.3 Å². The summed E-state index contributed by atoms with van der Waals surface area (Å²) >= 11 is 0. The molecule has 1 unspecified atom stereocenters. The molecule has 1 atom stereocenters. The van der Waals surface area contributed by atoms with Gasteiger partial charge in [0, 0.05) is 19.3 Å². The Bertz CT molecular complexity index is 1290. The fourth-order valence-corrected chi connectivity index (χ4v) is 7.47. The van der Waals surface area contributed by atoms with E-state index in [2.05, 4.69) is 106 Å². The number of hydrogen-bond donors (Lipinski definition) is 0. The quantitative estimate of drug-likeness (QED) is 0.0262. The van der Waals surface area contributed by atoms with Crippen molar-refractivity contribution in [3.05, 3.63) is 85.1 Å². The third-order valence-corrected chi connectivity index (χ3v) is 11.6. The zero-order valence-electron chi connectivity index (χ0n) is 43.2. The number of esters is 3. The smallest absolute Gasteiger partial charge is 0.306 e. The first kappa shape index (κ1) is 62.6. The number of allylic oxidation sites excluding steroid dienone is 14. The first-order valence-electron chi connectivity index (χ1n) is 27.6. The Morgan fingerprint density at radius 1 is 0.318 bits per heavy atom. The van der Waals surface area contributed by atoms with Crippen molar-refractivity contribution < 1.29 is 28.6 Å². The van der Waals surface area contributed by atoms with Crippen LogP contribution in [0.3, 0.4) is 0 Å². The van der Waals surface area contributed by atoms with Crippen molar-refractivity contribution in [3.8, 4) is 0 Å². The Morgan fingerprint density at radius 3 is 1.00 bits per heavy atom. The second kappa shape index (κ2) is 54.2. The van der Waals surface area contributed by atoms with E-state index in [4.69, 9.17) is 14.2 Å². The van der Waals surface area contributed by atoms with Gasteiger partial charge in [0.1, 0.15) is 13.2 Å². The highest BCUT2D eigenvalue weighted by Gasteiger charge is 2.19. The monoisotopic (exact) mass is 919 g/mol. The number of carbonyl (C=O) groups is 3. The van der Waals surface area contributed by atoms with Gasteiger partial charge in [0.25, 0.3) is 0 Å². The highest BCUT2D eigenvalue weighted by atomic mass is 16.6. The molecule has 0 saturated carbocycles. The van der Waals surface area contributed by atoms with Gasteiger partial charge >= 0.3 is 17.9 Å². The lowest BCUT2D eigenvalue weighted by atomic mass is 10.1. The molecule has 0 N–H and O–H groups in total. The van der Waals surface area contributed by atoms with Gasteiger partial charge in [0.15, 0.2) is 6.10 Å². The predicted octanol–water partition coefficient (Wildman–Crippen LogP) is 18.4. The van der Waals surface area contributed by atoms with Crippen molar-refractivity contribution in [2.45, 2.75) is 264 Å². The van der Waals surface area contributed by atoms with Crippen molar-refractivity contribution >= 4 is 17.9 Å². The van der Waals surface area contributed by atoms with Crippen LogP contribution >= 0.6 is 0 Å². The van der Waals surface area contributed by atoms with Gasteiger partial charge in [-0.1, -0.05) is 215 Å². The SMILES string of the molecule is CC/C=C\C/C=C\C/C=C\C/C=C\CCCCCCCCCCCCC(=O)OCC(COC(=O)CCCCCCC/C=C\CCC)OC(=O)CCCCCCC/C=C\C/C=C\CCCCC. The third kappa shape index (κ3) is 51.6. The van der Waals surface area contributed by atoms with E-state index in [0.717, 1.165) is 122 Å². The summed E-state index contributed by atoms with van der Waals surface area (Å²) in [5.74, 6) is -0.914. The first-order valence-corrected chi connectivity index (χ1v) is 27.6. The number of rotatable bonds is 49. The van der Waals surface area contributed by atoms with E-state index < -0.39 is 6.10 Å². The molecule has 0 aliphatic carbocycles. The summed E-state index contributed by atoms with van der Waals surface area (Å²) in [7, 11) is 0. The molecule has 0 bridgehead atoms. The van der Waals surface area contributed by atoms with Crippen LogP contribution in [0.1, 0.15) is 258 Å². The van der Waals surface area contributed by atoms with Crippen molar-refractivity contribution in [2.75, 3.05) is 13.2 Å². The lowest BCUT2D eigenvalue weighted by Crippen LogP contribution is -2.30. The van der Waals surface area contributed by atoms with Crippen LogP contribution in [-0.4, -0.2) is 37.2 Å². The van der Waals surface area contributed by atoms with Gasteiger partial charge in [-0.05, 0) is 109 Å². The van der Waals surface area contributed by atoms with E-state index in [1.54, 1.807) is 0 Å². The molecular weight excluding hydrogens is 817 g/mol. The molecule has 0 aromatic carbocycles. The summed E-state index contributed by atoms with van der Waals surface area (Å²) in [6, 6.07) is 0. The molecule has 0 spiro atoms. The Balaban J connectivity index is 4.30. The average Bonchev–Trinajstić information content (AvgIpc) is 3.31. The summed E-state index contributed by atoms with van der Waals surface area (Å²) in [6.07, 6.45) is 70.0. The standard InChI is InChI=1S/C60H102O6/c1-4-7-10-13-16-19-22-24-26-27-28-29-30-31-32-33-35-36-38-41-44-47-50-53-59(62)65-56-57(55-64-58(61)52-49-46-43-40-21-18-15-12-9-6-3)66-60(63)54-51-48-45-42-39-37-34-25-23-20-17-14-11-8-5-2/h7,10,12,15-17,19-20,24-26,28-29,34,57H,4-6,8-9,11,13-14,18,21-23,27,30-33,35-56H2,1-3H3/b10-7-,15-12-,19-16-,20-17-,26-24-,29-28-,34-25-. The topological polar surface area (TPSA) is 78.9 Å². The second-order valence-electron chi connectivity index (χ2n) is 18.1. The number of ether oxygens (including phenoxy) is 3. The van der Waals surface area contributed by atoms with Crippen LogP contribution in [0.4, 0.5) is 0 Å². The normalized spacial score (nSPS) is 12.7. The van der Waals surface area contributed by atoms with Crippen LogP contribution in [0.5, 0.6) is 0 Å². The van der Waals surface area contributed by atoms with Crippen molar-refractivity contribution in [3.63, 3.8) is 0 Å². The molecule has 0 aromatic heterocycles. The fourth-order valence-electron chi connectivity index (χ4n) is 7.47. The summed E-state index contributed by atoms with van der Waals surface area (Å²) < 4.78 is 16.8. The van der Waals surface area contributed by atoms with Crippen LogP contribution in [0, 0.1) is 0 Å². The predicted molar refractivity (Wildman–Crippen MR) is 284 cm³/mol. The van der Waals surface area contributed by atoms with Crippen molar-refractivity contribution in [1.82, 2.24) is 0 Å². The summed E-state index contributed by atoms with van der Waals surface area (Å²) in [5, 5.41) is 0. The van der Waals surface area contributed by atoms with Crippen LogP contribution in [0.2, 0.25) is 0 Å². The molecule has 0 fully saturated rings. The molecule has 0 rings (SSSR count). The molecule has 378 valence electrons. The maximum absolute atomic E-state index is 12.8. The summed E-state index contributed by atoms with van der Waals surface area (Å²) in [4.78, 5) is 38.0. The van der Waals surface area contributed by atoms with Gasteiger partial charge in [-0.15, -0.1) is 0 Å². The van der Waals surface area contributed by atoms with E-state index in [9.17, 15) is 14.4 Å². The number of hydrogen-bond acceptors (Lipinski definition) is 6. The molecule has 0 amide bonds. The van der Waals surface area contributed by atoms with Gasteiger partial charge in [0.2, 0.25) is 0 Å². The second-order valence-corrected chi connectivity index (χ2v) is 18.1. The molecule has 0 heterocycles. The van der Waals surface area contributed by atoms with Gasteiger partial charge in [-0.2, -0.15) is 0 Å². The van der Waals surface area contributed by atoms with Crippen molar-refractivity contribution in [2.24, 2.45) is 0 Å². The van der Waals surface area contributed by atoms with Gasteiger partial charge in [0.05, 0.1) is 0 Å². The van der Waals surface area contributed by atoms with E-state index in [-0.39, 0.29) is 31.1 Å². The molecule has 0 aromatic rings. The maximum atomic E-state index is 12.8. The third-order valence-electron chi connectivity index (χ3n) is 11.6. The largest absolute Gasteiger partial charge is 0.462 e. The molecule has 0 saturated heterocycles. The van der Waals surface area contributed by atoms with Crippen LogP contribution in [0.15, 0.2) is 85.1 Å². The minimum absolute atomic E-state index is 0.0871. The van der Waals surface area contributed by atoms with Gasteiger partial charge in [-0.25, -0.2) is 0 Å². The first-order chi connectivity index (χ1) is 32.5. The Labute approximate surface area is 407 Å². The number of unbranched alkanes of at least 4 members (excludes halogenated alkanes) is 24. The van der Waals surface area contributed by atoms with Gasteiger partial charge in [-0.3, -0.25) is 14.4 Å². The van der Waals surface area contributed by atoms with Crippen LogP contribution in [0.25, 0.3) is 0 Å². The molecule has 6 heteroatoms. The van der Waals surface area contributed by atoms with E-state index in [1.807, 2.05) is 0 Å². The molecule has 0 radical (unpaired) electrons. The van der Waals surface area contributed by atoms with E-state index >= 15 is 0 Å². The van der Waals surface area contributed by atoms with Crippen molar-refractivity contribution in [1.29, 1.82) is 0 Å². The van der Waals surface area contributed by atoms with E-state index in [1.165, 1.54) is 96.3 Å². The van der Waals surface area contributed by atoms with Crippen LogP contribution < -0.4 is 0 Å². The molecule has 0 aliphatic rings. The highest BCUT2D eigenvalue weighted by Crippen LogP contribution is 2.15. The lowest BCUT2D eigenvalue weighted by molar-refractivity contribution is -0.167. The van der Waals surface area contributed by atoms with Gasteiger partial charge < -0.3 is 14.2 Å². The Morgan fingerprint density at radius 2 is 0.621 bits per heavy atom. The lowest BCUT2D eigenvalue weighted by Gasteiger charge is -2.18. The average molecular weight is 919 g/mol. The molecular formula is C60H102O6. The maximum Gasteiger partial charge on any atom is 0.306 e. The van der Waals surface area contributed by atoms with Crippen LogP contribution in [-0.2, 0) is 28.6 Å². The summed E-state index contributed by atoms with van der Waals surface area (Å²) in [5.41, 5.74) is 0. The zero-order valence-corrected chi connectivity index (χ0v) is 43.2. The fraction of sp³-hybridized carbons (Fsp3) is 0.717.